The van der Waals surface area contributed by atoms with Crippen LogP contribution >= 0.6 is 0 Å². The van der Waals surface area contributed by atoms with Gasteiger partial charge >= 0.3 is 6.09 Å². The van der Waals surface area contributed by atoms with Crippen molar-refractivity contribution >= 4 is 6.09 Å². The summed E-state index contributed by atoms with van der Waals surface area (Å²) in [6.45, 7) is 9.40. The Kier molecular flexibility index (Phi) is 3.28. The van der Waals surface area contributed by atoms with Crippen LogP contribution in [-0.2, 0) is 4.74 Å². The Hall–Kier alpha value is -0.770. The number of hydrogen-bond donors (Lipinski definition) is 2. The first kappa shape index (κ1) is 12.3. The standard InChI is InChI=1S/C11H21NO3/c1-10(2)8(11(10,3)4)7-12-9(14)15-6-5-13/h8,13H,5-7H2,1-4H3,(H,12,14). The van der Waals surface area contributed by atoms with Crippen LogP contribution in [0.5, 0.6) is 0 Å². The Balaban J connectivity index is 2.25. The second-order valence-corrected chi connectivity index (χ2v) is 5.24. The maximum atomic E-state index is 11.1. The van der Waals surface area contributed by atoms with E-state index in [4.69, 9.17) is 9.84 Å². The third-order valence-corrected chi connectivity index (χ3v) is 4.09. The molecule has 1 fully saturated rings. The molecule has 0 atom stereocenters. The van der Waals surface area contributed by atoms with E-state index in [9.17, 15) is 4.79 Å². The molecule has 0 bridgehead atoms. The van der Waals surface area contributed by atoms with Crippen molar-refractivity contribution in [2.75, 3.05) is 19.8 Å². The average Bonchev–Trinajstić information content (AvgIpc) is 2.51. The largest absolute Gasteiger partial charge is 0.447 e. The summed E-state index contributed by atoms with van der Waals surface area (Å²) in [7, 11) is 0. The number of aliphatic hydroxyl groups is 1. The summed E-state index contributed by atoms with van der Waals surface area (Å²) in [5.41, 5.74) is 0.550. The van der Waals surface area contributed by atoms with Crippen molar-refractivity contribution in [1.82, 2.24) is 5.32 Å². The quantitative estimate of drug-likeness (QED) is 0.745. The fraction of sp³-hybridized carbons (Fsp3) is 0.909. The van der Waals surface area contributed by atoms with Crippen molar-refractivity contribution < 1.29 is 14.6 Å². The second-order valence-electron chi connectivity index (χ2n) is 5.24. The van der Waals surface area contributed by atoms with Gasteiger partial charge in [-0.15, -0.1) is 0 Å². The van der Waals surface area contributed by atoms with E-state index in [1.54, 1.807) is 0 Å². The predicted molar refractivity (Wildman–Crippen MR) is 57.5 cm³/mol. The Morgan fingerprint density at radius 1 is 1.33 bits per heavy atom. The number of carbonyl (C=O) groups is 1. The van der Waals surface area contributed by atoms with Crippen LogP contribution in [0, 0.1) is 16.7 Å². The molecular formula is C11H21NO3. The van der Waals surface area contributed by atoms with E-state index in [1.165, 1.54) is 0 Å². The summed E-state index contributed by atoms with van der Waals surface area (Å²) in [6.07, 6.45) is -0.442. The minimum absolute atomic E-state index is 0.0588. The van der Waals surface area contributed by atoms with Gasteiger partial charge in [0, 0.05) is 6.54 Å². The van der Waals surface area contributed by atoms with E-state index >= 15 is 0 Å². The first-order chi connectivity index (χ1) is 6.84. The molecule has 1 rings (SSSR count). The van der Waals surface area contributed by atoms with E-state index in [0.717, 1.165) is 0 Å². The summed E-state index contributed by atoms with van der Waals surface area (Å²) < 4.78 is 4.71. The topological polar surface area (TPSA) is 58.6 Å². The van der Waals surface area contributed by atoms with Crippen LogP contribution in [0.25, 0.3) is 0 Å². The van der Waals surface area contributed by atoms with Gasteiger partial charge in [-0.25, -0.2) is 4.79 Å². The highest BCUT2D eigenvalue weighted by atomic mass is 16.6. The van der Waals surface area contributed by atoms with Crippen molar-refractivity contribution in [2.24, 2.45) is 16.7 Å². The number of aliphatic hydroxyl groups excluding tert-OH is 1. The SMILES string of the molecule is CC1(C)C(CNC(=O)OCCO)C1(C)C. The van der Waals surface area contributed by atoms with E-state index in [0.29, 0.717) is 12.5 Å². The van der Waals surface area contributed by atoms with Gasteiger partial charge in [0.25, 0.3) is 0 Å². The van der Waals surface area contributed by atoms with Crippen LogP contribution in [-0.4, -0.2) is 31.0 Å². The summed E-state index contributed by atoms with van der Waals surface area (Å²) >= 11 is 0. The molecule has 4 heteroatoms. The van der Waals surface area contributed by atoms with Crippen LogP contribution in [0.15, 0.2) is 0 Å². The van der Waals surface area contributed by atoms with E-state index in [-0.39, 0.29) is 24.0 Å². The maximum Gasteiger partial charge on any atom is 0.407 e. The Bertz CT molecular complexity index is 234. The number of alkyl carbamates (subject to hydrolysis) is 1. The molecule has 0 aromatic rings. The zero-order valence-electron chi connectivity index (χ0n) is 9.96. The first-order valence-corrected chi connectivity index (χ1v) is 5.35. The van der Waals surface area contributed by atoms with Gasteiger partial charge < -0.3 is 15.2 Å². The van der Waals surface area contributed by atoms with Crippen LogP contribution < -0.4 is 5.32 Å². The highest BCUT2D eigenvalue weighted by Crippen LogP contribution is 2.67. The minimum Gasteiger partial charge on any atom is -0.447 e. The molecule has 0 heterocycles. The molecule has 1 aliphatic rings. The lowest BCUT2D eigenvalue weighted by Crippen LogP contribution is -2.28. The molecule has 2 N–H and O–H groups in total. The van der Waals surface area contributed by atoms with Gasteiger partial charge in [-0.1, -0.05) is 27.7 Å². The zero-order chi connectivity index (χ0) is 11.7. The molecule has 0 aromatic heterocycles. The summed E-state index contributed by atoms with van der Waals surface area (Å²) in [5, 5.41) is 11.2. The molecule has 0 unspecified atom stereocenters. The molecule has 88 valence electrons. The fourth-order valence-electron chi connectivity index (χ4n) is 2.22. The van der Waals surface area contributed by atoms with Crippen LogP contribution in [0.1, 0.15) is 27.7 Å². The lowest BCUT2D eigenvalue weighted by Gasteiger charge is -2.06. The molecule has 1 aliphatic carbocycles. The van der Waals surface area contributed by atoms with E-state index < -0.39 is 6.09 Å². The molecule has 0 aromatic carbocycles. The Morgan fingerprint density at radius 2 is 1.87 bits per heavy atom. The van der Waals surface area contributed by atoms with Crippen LogP contribution in [0.2, 0.25) is 0 Å². The van der Waals surface area contributed by atoms with E-state index in [1.807, 2.05) is 0 Å². The molecule has 0 saturated heterocycles. The first-order valence-electron chi connectivity index (χ1n) is 5.35. The summed E-state index contributed by atoms with van der Waals surface area (Å²) in [6, 6.07) is 0. The van der Waals surface area contributed by atoms with Crippen molar-refractivity contribution in [3.63, 3.8) is 0 Å². The van der Waals surface area contributed by atoms with Gasteiger partial charge in [0.05, 0.1) is 6.61 Å². The number of amides is 1. The highest BCUT2D eigenvalue weighted by molar-refractivity contribution is 5.67. The normalized spacial score (nSPS) is 22.2. The van der Waals surface area contributed by atoms with Crippen molar-refractivity contribution in [1.29, 1.82) is 0 Å². The predicted octanol–water partition coefficient (Wildman–Crippen LogP) is 1.39. The number of hydrogen-bond acceptors (Lipinski definition) is 3. The number of ether oxygens (including phenoxy) is 1. The Labute approximate surface area is 91.0 Å². The number of nitrogens with one attached hydrogen (secondary N) is 1. The average molecular weight is 215 g/mol. The molecule has 15 heavy (non-hydrogen) atoms. The zero-order valence-corrected chi connectivity index (χ0v) is 9.96. The summed E-state index contributed by atoms with van der Waals surface area (Å²) in [5.74, 6) is 0.492. The fourth-order valence-corrected chi connectivity index (χ4v) is 2.22. The van der Waals surface area contributed by atoms with Gasteiger partial charge in [0.15, 0.2) is 0 Å². The van der Waals surface area contributed by atoms with Crippen molar-refractivity contribution in [3.8, 4) is 0 Å². The van der Waals surface area contributed by atoms with Gasteiger partial charge in [0.2, 0.25) is 0 Å². The molecule has 1 amide bonds. The monoisotopic (exact) mass is 215 g/mol. The molecular weight excluding hydrogens is 194 g/mol. The lowest BCUT2D eigenvalue weighted by atomic mass is 10.0. The van der Waals surface area contributed by atoms with Crippen LogP contribution in [0.4, 0.5) is 4.79 Å². The third-order valence-electron chi connectivity index (χ3n) is 4.09. The van der Waals surface area contributed by atoms with Gasteiger partial charge in [-0.3, -0.25) is 0 Å². The number of carbonyl (C=O) groups excluding carboxylic acids is 1. The second kappa shape index (κ2) is 4.00. The van der Waals surface area contributed by atoms with Crippen molar-refractivity contribution in [2.45, 2.75) is 27.7 Å². The highest BCUT2D eigenvalue weighted by Gasteiger charge is 2.64. The molecule has 0 aliphatic heterocycles. The lowest BCUT2D eigenvalue weighted by molar-refractivity contribution is 0.118. The third kappa shape index (κ3) is 2.25. The maximum absolute atomic E-state index is 11.1. The summed E-state index contributed by atoms with van der Waals surface area (Å²) in [4.78, 5) is 11.1. The van der Waals surface area contributed by atoms with Gasteiger partial charge in [-0.05, 0) is 16.7 Å². The van der Waals surface area contributed by atoms with Gasteiger partial charge in [-0.2, -0.15) is 0 Å². The molecule has 0 spiro atoms. The molecule has 4 nitrogen and oxygen atoms in total. The van der Waals surface area contributed by atoms with Crippen molar-refractivity contribution in [3.05, 3.63) is 0 Å². The Morgan fingerprint density at radius 3 is 2.27 bits per heavy atom. The number of rotatable bonds is 4. The molecule has 0 radical (unpaired) electrons. The van der Waals surface area contributed by atoms with Gasteiger partial charge in [0.1, 0.15) is 6.61 Å². The van der Waals surface area contributed by atoms with E-state index in [2.05, 4.69) is 33.0 Å². The smallest absolute Gasteiger partial charge is 0.407 e. The minimum atomic E-state index is -0.442. The molecule has 1 saturated carbocycles. The van der Waals surface area contributed by atoms with Crippen LogP contribution in [0.3, 0.4) is 0 Å².